The number of rotatable bonds is 5. The van der Waals surface area contributed by atoms with Crippen LogP contribution in [0.25, 0.3) is 0 Å². The van der Waals surface area contributed by atoms with Crippen LogP contribution < -0.4 is 10.5 Å². The number of benzene rings is 1. The third kappa shape index (κ3) is 3.21. The second-order valence-electron chi connectivity index (χ2n) is 3.29. The van der Waals surface area contributed by atoms with Gasteiger partial charge in [0.25, 0.3) is 0 Å². The molecule has 15 heavy (non-hydrogen) atoms. The van der Waals surface area contributed by atoms with Crippen molar-refractivity contribution in [1.29, 1.82) is 0 Å². The predicted molar refractivity (Wildman–Crippen MR) is 61.0 cm³/mol. The third-order valence-electron chi connectivity index (χ3n) is 2.03. The van der Waals surface area contributed by atoms with Gasteiger partial charge < -0.3 is 5.73 Å². The van der Waals surface area contributed by atoms with Gasteiger partial charge in [-0.05, 0) is 18.6 Å². The zero-order chi connectivity index (χ0) is 11.3. The summed E-state index contributed by atoms with van der Waals surface area (Å²) in [5, 5.41) is 0. The van der Waals surface area contributed by atoms with Crippen LogP contribution in [-0.2, 0) is 10.0 Å². The second-order valence-corrected chi connectivity index (χ2v) is 5.02. The van der Waals surface area contributed by atoms with Crippen LogP contribution in [0.2, 0.25) is 0 Å². The van der Waals surface area contributed by atoms with E-state index in [4.69, 9.17) is 5.73 Å². The highest BCUT2D eigenvalue weighted by molar-refractivity contribution is 7.89. The van der Waals surface area contributed by atoms with E-state index in [1.165, 1.54) is 6.07 Å². The fraction of sp³-hybridized carbons (Fsp3) is 0.400. The molecule has 3 N–H and O–H groups in total. The van der Waals surface area contributed by atoms with Gasteiger partial charge in [-0.15, -0.1) is 0 Å². The fourth-order valence-corrected chi connectivity index (χ4v) is 2.39. The molecule has 5 heteroatoms. The number of nitrogens with two attached hydrogens (primary N) is 1. The summed E-state index contributed by atoms with van der Waals surface area (Å²) in [4.78, 5) is 0.154. The number of nitrogens with one attached hydrogen (secondary N) is 1. The maximum Gasteiger partial charge on any atom is 0.242 e. The number of para-hydroxylation sites is 1. The van der Waals surface area contributed by atoms with E-state index in [-0.39, 0.29) is 10.6 Å². The Morgan fingerprint density at radius 3 is 2.60 bits per heavy atom. The van der Waals surface area contributed by atoms with E-state index in [1.54, 1.807) is 18.2 Å². The SMILES string of the molecule is CCCCNS(=O)(=O)c1ccccc1N. The minimum Gasteiger partial charge on any atom is -0.398 e. The summed E-state index contributed by atoms with van der Waals surface area (Å²) in [6, 6.07) is 6.45. The van der Waals surface area contributed by atoms with Crippen molar-refractivity contribution >= 4 is 15.7 Å². The average molecular weight is 228 g/mol. The molecule has 0 aliphatic rings. The third-order valence-corrected chi connectivity index (χ3v) is 3.57. The minimum atomic E-state index is -3.44. The second kappa shape index (κ2) is 5.14. The summed E-state index contributed by atoms with van der Waals surface area (Å²) >= 11 is 0. The van der Waals surface area contributed by atoms with Gasteiger partial charge in [-0.3, -0.25) is 0 Å². The van der Waals surface area contributed by atoms with E-state index in [2.05, 4.69) is 4.72 Å². The van der Waals surface area contributed by atoms with Gasteiger partial charge in [0.1, 0.15) is 4.90 Å². The molecule has 0 heterocycles. The molecular formula is C10H16N2O2S. The minimum absolute atomic E-state index is 0.154. The molecule has 0 unspecified atom stereocenters. The molecule has 0 amide bonds. The highest BCUT2D eigenvalue weighted by Crippen LogP contribution is 2.16. The van der Waals surface area contributed by atoms with Crippen molar-refractivity contribution in [2.75, 3.05) is 12.3 Å². The fourth-order valence-electron chi connectivity index (χ4n) is 1.19. The molecule has 0 bridgehead atoms. The largest absolute Gasteiger partial charge is 0.398 e. The summed E-state index contributed by atoms with van der Waals surface area (Å²) in [5.74, 6) is 0. The number of hydrogen-bond donors (Lipinski definition) is 2. The standard InChI is InChI=1S/C10H16N2O2S/c1-2-3-8-12-15(13,14)10-7-5-4-6-9(10)11/h4-7,12H,2-3,8,11H2,1H3. The van der Waals surface area contributed by atoms with E-state index >= 15 is 0 Å². The monoisotopic (exact) mass is 228 g/mol. The Morgan fingerprint density at radius 1 is 1.33 bits per heavy atom. The topological polar surface area (TPSA) is 72.2 Å². The quantitative estimate of drug-likeness (QED) is 0.590. The van der Waals surface area contributed by atoms with Crippen molar-refractivity contribution in [2.45, 2.75) is 24.7 Å². The van der Waals surface area contributed by atoms with Crippen LogP contribution >= 0.6 is 0 Å². The lowest BCUT2D eigenvalue weighted by molar-refractivity contribution is 0.579. The Morgan fingerprint density at radius 2 is 2.00 bits per heavy atom. The van der Waals surface area contributed by atoms with E-state index in [1.807, 2.05) is 6.92 Å². The molecule has 0 aliphatic carbocycles. The Kier molecular flexibility index (Phi) is 4.11. The highest BCUT2D eigenvalue weighted by Gasteiger charge is 2.15. The molecule has 1 aromatic carbocycles. The Bertz CT molecular complexity index is 415. The smallest absolute Gasteiger partial charge is 0.242 e. The van der Waals surface area contributed by atoms with Crippen molar-refractivity contribution in [3.05, 3.63) is 24.3 Å². The first-order chi connectivity index (χ1) is 7.08. The molecular weight excluding hydrogens is 212 g/mol. The van der Waals surface area contributed by atoms with Gasteiger partial charge in [-0.25, -0.2) is 13.1 Å². The van der Waals surface area contributed by atoms with E-state index in [0.717, 1.165) is 12.8 Å². The zero-order valence-electron chi connectivity index (χ0n) is 8.73. The normalized spacial score (nSPS) is 11.5. The van der Waals surface area contributed by atoms with Gasteiger partial charge in [-0.2, -0.15) is 0 Å². The Hall–Kier alpha value is -1.07. The van der Waals surface area contributed by atoms with Gasteiger partial charge in [0.15, 0.2) is 0 Å². The highest BCUT2D eigenvalue weighted by atomic mass is 32.2. The Labute approximate surface area is 90.5 Å². The summed E-state index contributed by atoms with van der Waals surface area (Å²) in [6.07, 6.45) is 1.78. The van der Waals surface area contributed by atoms with Crippen molar-refractivity contribution < 1.29 is 8.42 Å². The Balaban J connectivity index is 2.83. The lowest BCUT2D eigenvalue weighted by atomic mass is 10.3. The number of sulfonamides is 1. The molecule has 0 radical (unpaired) electrons. The lowest BCUT2D eigenvalue weighted by Crippen LogP contribution is -2.25. The number of nitrogen functional groups attached to an aromatic ring is 1. The average Bonchev–Trinajstić information content (AvgIpc) is 2.18. The van der Waals surface area contributed by atoms with Crippen LogP contribution in [-0.4, -0.2) is 15.0 Å². The molecule has 0 saturated carbocycles. The summed E-state index contributed by atoms with van der Waals surface area (Å²) in [5.41, 5.74) is 5.87. The van der Waals surface area contributed by atoms with Crippen LogP contribution in [0.15, 0.2) is 29.2 Å². The maximum atomic E-state index is 11.7. The number of unbranched alkanes of at least 4 members (excludes halogenated alkanes) is 1. The van der Waals surface area contributed by atoms with Crippen LogP contribution in [0, 0.1) is 0 Å². The molecule has 0 atom stereocenters. The van der Waals surface area contributed by atoms with Crippen LogP contribution in [0.1, 0.15) is 19.8 Å². The molecule has 4 nitrogen and oxygen atoms in total. The van der Waals surface area contributed by atoms with Crippen molar-refractivity contribution in [2.24, 2.45) is 0 Å². The first-order valence-electron chi connectivity index (χ1n) is 4.92. The number of hydrogen-bond acceptors (Lipinski definition) is 3. The zero-order valence-corrected chi connectivity index (χ0v) is 9.55. The molecule has 0 saturated heterocycles. The summed E-state index contributed by atoms with van der Waals surface area (Å²) < 4.78 is 26.0. The summed E-state index contributed by atoms with van der Waals surface area (Å²) in [6.45, 7) is 2.46. The molecule has 1 rings (SSSR count). The van der Waals surface area contributed by atoms with E-state index in [0.29, 0.717) is 6.54 Å². The van der Waals surface area contributed by atoms with Gasteiger partial charge in [-0.1, -0.05) is 25.5 Å². The molecule has 0 aliphatic heterocycles. The van der Waals surface area contributed by atoms with Gasteiger partial charge >= 0.3 is 0 Å². The molecule has 0 fully saturated rings. The lowest BCUT2D eigenvalue weighted by Gasteiger charge is -2.07. The molecule has 84 valence electrons. The first-order valence-corrected chi connectivity index (χ1v) is 6.40. The number of anilines is 1. The van der Waals surface area contributed by atoms with Crippen molar-refractivity contribution in [3.8, 4) is 0 Å². The van der Waals surface area contributed by atoms with E-state index < -0.39 is 10.0 Å². The summed E-state index contributed by atoms with van der Waals surface area (Å²) in [7, 11) is -3.44. The van der Waals surface area contributed by atoms with Gasteiger partial charge in [0.05, 0.1) is 5.69 Å². The molecule has 0 aromatic heterocycles. The van der Waals surface area contributed by atoms with Crippen LogP contribution in [0.3, 0.4) is 0 Å². The van der Waals surface area contributed by atoms with Crippen molar-refractivity contribution in [1.82, 2.24) is 4.72 Å². The van der Waals surface area contributed by atoms with Crippen LogP contribution in [0.5, 0.6) is 0 Å². The molecule has 0 spiro atoms. The van der Waals surface area contributed by atoms with Gasteiger partial charge in [0.2, 0.25) is 10.0 Å². The molecule has 1 aromatic rings. The van der Waals surface area contributed by atoms with Crippen LogP contribution in [0.4, 0.5) is 5.69 Å². The van der Waals surface area contributed by atoms with Gasteiger partial charge in [0, 0.05) is 6.54 Å². The van der Waals surface area contributed by atoms with E-state index in [9.17, 15) is 8.42 Å². The first kappa shape index (κ1) is 12.0. The maximum absolute atomic E-state index is 11.7. The van der Waals surface area contributed by atoms with Crippen molar-refractivity contribution in [3.63, 3.8) is 0 Å². The predicted octanol–water partition coefficient (Wildman–Crippen LogP) is 1.35.